The molecule has 2 nitrogen and oxygen atoms in total. The number of hydrogen-bond acceptors (Lipinski definition) is 3. The van der Waals surface area contributed by atoms with E-state index in [0.29, 0.717) is 6.04 Å². The van der Waals surface area contributed by atoms with Crippen LogP contribution in [0.25, 0.3) is 0 Å². The molecule has 1 atom stereocenters. The van der Waals surface area contributed by atoms with Crippen LogP contribution in [0, 0.1) is 5.92 Å². The minimum absolute atomic E-state index is 0. The van der Waals surface area contributed by atoms with E-state index in [1.165, 1.54) is 29.7 Å². The fourth-order valence-electron chi connectivity index (χ4n) is 2.33. The lowest BCUT2D eigenvalue weighted by molar-refractivity contribution is 0.260. The molecule has 0 amide bonds. The van der Waals surface area contributed by atoms with E-state index in [2.05, 4.69) is 16.4 Å². The molecule has 0 bridgehead atoms. The van der Waals surface area contributed by atoms with Crippen LogP contribution in [-0.4, -0.2) is 11.9 Å². The molecule has 1 aliphatic heterocycles. The summed E-state index contributed by atoms with van der Waals surface area (Å²) in [6.45, 7) is 0. The van der Waals surface area contributed by atoms with Gasteiger partial charge in [0.2, 0.25) is 0 Å². The first kappa shape index (κ1) is 11.0. The SMILES string of the molecule is Cl.NC1=NC(C2CCC2)Cc2ccsc21. The zero-order chi connectivity index (χ0) is 9.54. The van der Waals surface area contributed by atoms with Crippen molar-refractivity contribution in [3.8, 4) is 0 Å². The Morgan fingerprint density at radius 1 is 1.40 bits per heavy atom. The lowest BCUT2D eigenvalue weighted by Crippen LogP contribution is -2.33. The Labute approximate surface area is 100 Å². The second-order valence-corrected chi connectivity index (χ2v) is 5.17. The van der Waals surface area contributed by atoms with Crippen molar-refractivity contribution in [2.75, 3.05) is 0 Å². The number of thiophene rings is 1. The Bertz CT molecular complexity index is 382. The lowest BCUT2D eigenvalue weighted by Gasteiger charge is -2.33. The summed E-state index contributed by atoms with van der Waals surface area (Å²) in [5, 5.41) is 2.12. The molecular weight excluding hydrogens is 228 g/mol. The van der Waals surface area contributed by atoms with E-state index in [0.717, 1.165) is 18.2 Å². The maximum absolute atomic E-state index is 5.96. The van der Waals surface area contributed by atoms with Gasteiger partial charge >= 0.3 is 0 Å². The summed E-state index contributed by atoms with van der Waals surface area (Å²) in [6, 6.07) is 2.68. The molecule has 1 aliphatic carbocycles. The second kappa shape index (κ2) is 4.14. The van der Waals surface area contributed by atoms with Crippen LogP contribution >= 0.6 is 23.7 Å². The van der Waals surface area contributed by atoms with Crippen molar-refractivity contribution in [1.29, 1.82) is 0 Å². The third kappa shape index (κ3) is 1.79. The molecule has 0 radical (unpaired) electrons. The van der Waals surface area contributed by atoms with Gasteiger partial charge in [-0.1, -0.05) is 6.42 Å². The van der Waals surface area contributed by atoms with Crippen LogP contribution in [0.15, 0.2) is 16.4 Å². The van der Waals surface area contributed by atoms with Crippen molar-refractivity contribution in [2.24, 2.45) is 16.6 Å². The molecule has 1 aromatic heterocycles. The molecule has 4 heteroatoms. The number of nitrogens with zero attached hydrogens (tertiary/aromatic N) is 1. The van der Waals surface area contributed by atoms with Crippen molar-refractivity contribution in [3.63, 3.8) is 0 Å². The minimum atomic E-state index is 0. The Kier molecular flexibility index (Phi) is 3.03. The summed E-state index contributed by atoms with van der Waals surface area (Å²) in [5.41, 5.74) is 7.37. The highest BCUT2D eigenvalue weighted by Crippen LogP contribution is 2.36. The third-order valence-corrected chi connectivity index (χ3v) is 4.39. The van der Waals surface area contributed by atoms with Crippen LogP contribution in [0.1, 0.15) is 29.7 Å². The fraction of sp³-hybridized carbons (Fsp3) is 0.545. The average molecular weight is 243 g/mol. The predicted octanol–water partition coefficient (Wildman–Crippen LogP) is 2.60. The van der Waals surface area contributed by atoms with Gasteiger partial charge in [0.15, 0.2) is 0 Å². The van der Waals surface area contributed by atoms with Gasteiger partial charge in [0.1, 0.15) is 5.84 Å². The molecule has 0 saturated heterocycles. The van der Waals surface area contributed by atoms with Crippen LogP contribution in [0.4, 0.5) is 0 Å². The van der Waals surface area contributed by atoms with E-state index < -0.39 is 0 Å². The standard InChI is InChI=1S/C11H14N2S.ClH/c12-11-10-8(4-5-14-10)6-9(13-11)7-2-1-3-7;/h4-5,7,9H,1-3,6H2,(H2,12,13);1H. The van der Waals surface area contributed by atoms with Crippen molar-refractivity contribution in [2.45, 2.75) is 31.7 Å². The zero-order valence-electron chi connectivity index (χ0n) is 8.48. The molecule has 0 aromatic carbocycles. The highest BCUT2D eigenvalue weighted by atomic mass is 35.5. The largest absolute Gasteiger partial charge is 0.383 e. The number of nitrogens with two attached hydrogens (primary N) is 1. The summed E-state index contributed by atoms with van der Waals surface area (Å²) in [4.78, 5) is 5.83. The van der Waals surface area contributed by atoms with Crippen molar-refractivity contribution in [1.82, 2.24) is 0 Å². The first-order valence-electron chi connectivity index (χ1n) is 5.24. The van der Waals surface area contributed by atoms with Gasteiger partial charge in [0.25, 0.3) is 0 Å². The molecule has 2 heterocycles. The van der Waals surface area contributed by atoms with Crippen LogP contribution in [0.2, 0.25) is 0 Å². The topological polar surface area (TPSA) is 38.4 Å². The van der Waals surface area contributed by atoms with Gasteiger partial charge in [0.05, 0.1) is 10.9 Å². The highest BCUT2D eigenvalue weighted by molar-refractivity contribution is 7.12. The normalized spacial score (nSPS) is 24.8. The Morgan fingerprint density at radius 3 is 2.87 bits per heavy atom. The summed E-state index contributed by atoms with van der Waals surface area (Å²) in [5.74, 6) is 1.58. The Hall–Kier alpha value is -0.540. The van der Waals surface area contributed by atoms with Crippen molar-refractivity contribution < 1.29 is 0 Å². The minimum Gasteiger partial charge on any atom is -0.383 e. The van der Waals surface area contributed by atoms with Crippen LogP contribution in [0.3, 0.4) is 0 Å². The van der Waals surface area contributed by atoms with Gasteiger partial charge in [-0.25, -0.2) is 0 Å². The molecule has 1 unspecified atom stereocenters. The van der Waals surface area contributed by atoms with Crippen LogP contribution < -0.4 is 5.73 Å². The Balaban J connectivity index is 0.000000853. The van der Waals surface area contributed by atoms with Gasteiger partial charge in [-0.15, -0.1) is 23.7 Å². The highest BCUT2D eigenvalue weighted by Gasteiger charge is 2.30. The van der Waals surface area contributed by atoms with E-state index >= 15 is 0 Å². The predicted molar refractivity (Wildman–Crippen MR) is 67.1 cm³/mol. The number of fused-ring (bicyclic) bond motifs is 1. The van der Waals surface area contributed by atoms with E-state index in [4.69, 9.17) is 5.73 Å². The molecule has 2 N–H and O–H groups in total. The zero-order valence-corrected chi connectivity index (χ0v) is 10.1. The molecule has 15 heavy (non-hydrogen) atoms. The molecule has 82 valence electrons. The van der Waals surface area contributed by atoms with Crippen LogP contribution in [0.5, 0.6) is 0 Å². The average Bonchev–Trinajstić information content (AvgIpc) is 2.48. The number of aliphatic imine (C=N–C) groups is 1. The number of halogens is 1. The molecule has 1 aromatic rings. The smallest absolute Gasteiger partial charge is 0.136 e. The van der Waals surface area contributed by atoms with Gasteiger partial charge in [-0.3, -0.25) is 4.99 Å². The van der Waals surface area contributed by atoms with E-state index in [9.17, 15) is 0 Å². The lowest BCUT2D eigenvalue weighted by atomic mass is 9.77. The maximum Gasteiger partial charge on any atom is 0.136 e. The quantitative estimate of drug-likeness (QED) is 0.808. The summed E-state index contributed by atoms with van der Waals surface area (Å²) >= 11 is 1.72. The number of amidine groups is 1. The van der Waals surface area contributed by atoms with Gasteiger partial charge in [-0.2, -0.15) is 0 Å². The van der Waals surface area contributed by atoms with Crippen LogP contribution in [-0.2, 0) is 6.42 Å². The summed E-state index contributed by atoms with van der Waals surface area (Å²) < 4.78 is 0. The molecular formula is C11H15ClN2S. The molecule has 1 fully saturated rings. The van der Waals surface area contributed by atoms with E-state index in [1.54, 1.807) is 11.3 Å². The van der Waals surface area contributed by atoms with Gasteiger partial charge < -0.3 is 5.73 Å². The van der Waals surface area contributed by atoms with Crippen molar-refractivity contribution >= 4 is 29.6 Å². The fourth-order valence-corrected chi connectivity index (χ4v) is 3.17. The number of hydrogen-bond donors (Lipinski definition) is 1. The van der Waals surface area contributed by atoms with Gasteiger partial charge in [0, 0.05) is 0 Å². The number of rotatable bonds is 1. The monoisotopic (exact) mass is 242 g/mol. The van der Waals surface area contributed by atoms with E-state index in [1.807, 2.05) is 0 Å². The third-order valence-electron chi connectivity index (χ3n) is 3.41. The molecule has 3 rings (SSSR count). The Morgan fingerprint density at radius 2 is 2.20 bits per heavy atom. The second-order valence-electron chi connectivity index (χ2n) is 4.25. The van der Waals surface area contributed by atoms with E-state index in [-0.39, 0.29) is 12.4 Å². The molecule has 2 aliphatic rings. The van der Waals surface area contributed by atoms with Crippen molar-refractivity contribution in [3.05, 3.63) is 21.9 Å². The summed E-state index contributed by atoms with van der Waals surface area (Å²) in [7, 11) is 0. The van der Waals surface area contributed by atoms with Gasteiger partial charge in [-0.05, 0) is 42.2 Å². The molecule has 1 saturated carbocycles. The molecule has 0 spiro atoms. The summed E-state index contributed by atoms with van der Waals surface area (Å²) in [6.07, 6.45) is 5.19. The first-order valence-corrected chi connectivity index (χ1v) is 6.12. The maximum atomic E-state index is 5.96. The first-order chi connectivity index (χ1) is 6.84.